The first kappa shape index (κ1) is 16.5. The molecular formula is C14H17BrN2O2S2. The molecular weight excluding hydrogens is 372 g/mol. The van der Waals surface area contributed by atoms with E-state index in [2.05, 4.69) is 26.0 Å². The van der Waals surface area contributed by atoms with E-state index in [1.807, 2.05) is 30.5 Å². The third kappa shape index (κ3) is 3.66. The molecule has 2 rings (SSSR count). The molecule has 0 saturated carbocycles. The number of nitrogens with one attached hydrogen (secondary N) is 2. The lowest BCUT2D eigenvalue weighted by atomic mass is 10.2. The summed E-state index contributed by atoms with van der Waals surface area (Å²) in [6.07, 6.45) is 0. The van der Waals surface area contributed by atoms with Gasteiger partial charge in [0.05, 0.1) is 10.9 Å². The van der Waals surface area contributed by atoms with Crippen LogP contribution in [0.3, 0.4) is 0 Å². The Balaban J connectivity index is 2.30. The van der Waals surface area contributed by atoms with Crippen LogP contribution >= 0.6 is 27.3 Å². The molecule has 0 fully saturated rings. The molecule has 1 aromatic heterocycles. The minimum absolute atomic E-state index is 0.0900. The molecule has 0 aliphatic carbocycles. The molecule has 2 aromatic rings. The van der Waals surface area contributed by atoms with Crippen molar-refractivity contribution in [2.45, 2.75) is 24.8 Å². The van der Waals surface area contributed by atoms with E-state index in [0.717, 1.165) is 15.7 Å². The lowest BCUT2D eigenvalue weighted by Crippen LogP contribution is -2.20. The van der Waals surface area contributed by atoms with Crippen LogP contribution in [-0.4, -0.2) is 15.5 Å². The quantitative estimate of drug-likeness (QED) is 0.816. The van der Waals surface area contributed by atoms with Gasteiger partial charge in [0.15, 0.2) is 0 Å². The van der Waals surface area contributed by atoms with Gasteiger partial charge in [0.1, 0.15) is 0 Å². The third-order valence-corrected chi connectivity index (χ3v) is 6.78. The topological polar surface area (TPSA) is 58.2 Å². The summed E-state index contributed by atoms with van der Waals surface area (Å²) in [5.41, 5.74) is 1.50. The van der Waals surface area contributed by atoms with Gasteiger partial charge in [0.25, 0.3) is 0 Å². The second-order valence-electron chi connectivity index (χ2n) is 4.69. The zero-order valence-corrected chi connectivity index (χ0v) is 15.2. The smallest absolute Gasteiger partial charge is 0.240 e. The number of sulfonamides is 1. The van der Waals surface area contributed by atoms with Gasteiger partial charge in [-0.05, 0) is 66.0 Å². The number of aryl methyl sites for hydroxylation is 1. The van der Waals surface area contributed by atoms with Gasteiger partial charge in [0, 0.05) is 15.0 Å². The zero-order chi connectivity index (χ0) is 15.6. The maximum atomic E-state index is 12.0. The van der Waals surface area contributed by atoms with Crippen molar-refractivity contribution in [3.05, 3.63) is 44.6 Å². The molecule has 1 aromatic carbocycles. The highest BCUT2D eigenvalue weighted by Gasteiger charge is 2.16. The SMILES string of the molecule is CNS(=O)(=O)c1cc(NC(C)c2sccc2Br)ccc1C. The standard InChI is InChI=1S/C14H17BrN2O2S2/c1-9-4-5-11(8-13(9)21(18,19)16-3)17-10(2)14-12(15)6-7-20-14/h4-8,10,16-17H,1-3H3. The molecule has 0 saturated heterocycles. The molecule has 0 spiro atoms. The number of hydrogen-bond acceptors (Lipinski definition) is 4. The van der Waals surface area contributed by atoms with Crippen LogP contribution in [0.4, 0.5) is 5.69 Å². The van der Waals surface area contributed by atoms with Gasteiger partial charge < -0.3 is 5.32 Å². The Bertz CT molecular complexity index is 741. The van der Waals surface area contributed by atoms with Crippen LogP contribution in [0.1, 0.15) is 23.4 Å². The van der Waals surface area contributed by atoms with Crippen molar-refractivity contribution in [2.75, 3.05) is 12.4 Å². The summed E-state index contributed by atoms with van der Waals surface area (Å²) in [7, 11) is -2.03. The Morgan fingerprint density at radius 1 is 1.29 bits per heavy atom. The first-order valence-electron chi connectivity index (χ1n) is 6.39. The van der Waals surface area contributed by atoms with E-state index in [1.54, 1.807) is 24.3 Å². The molecule has 0 aliphatic rings. The summed E-state index contributed by atoms with van der Waals surface area (Å²) in [5.74, 6) is 0. The number of thiophene rings is 1. The zero-order valence-electron chi connectivity index (χ0n) is 12.0. The number of rotatable bonds is 5. The van der Waals surface area contributed by atoms with Gasteiger partial charge in [0.2, 0.25) is 10.0 Å². The molecule has 0 amide bonds. The van der Waals surface area contributed by atoms with Crippen molar-refractivity contribution < 1.29 is 8.42 Å². The Kier molecular flexibility index (Phi) is 5.08. The van der Waals surface area contributed by atoms with E-state index in [-0.39, 0.29) is 6.04 Å². The summed E-state index contributed by atoms with van der Waals surface area (Å²) in [6, 6.07) is 7.46. The van der Waals surface area contributed by atoms with Gasteiger partial charge >= 0.3 is 0 Å². The van der Waals surface area contributed by atoms with Crippen LogP contribution in [0.15, 0.2) is 39.0 Å². The minimum Gasteiger partial charge on any atom is -0.378 e. The van der Waals surface area contributed by atoms with Gasteiger partial charge in [-0.15, -0.1) is 11.3 Å². The van der Waals surface area contributed by atoms with E-state index < -0.39 is 10.0 Å². The average molecular weight is 389 g/mol. The summed E-state index contributed by atoms with van der Waals surface area (Å²) >= 11 is 5.17. The minimum atomic E-state index is -3.45. The van der Waals surface area contributed by atoms with Crippen molar-refractivity contribution in [3.8, 4) is 0 Å². The molecule has 1 unspecified atom stereocenters. The monoisotopic (exact) mass is 388 g/mol. The second-order valence-corrected chi connectivity index (χ2v) is 8.34. The molecule has 0 aliphatic heterocycles. The predicted molar refractivity (Wildman–Crippen MR) is 91.5 cm³/mol. The summed E-state index contributed by atoms with van der Waals surface area (Å²) in [4.78, 5) is 1.47. The highest BCUT2D eigenvalue weighted by Crippen LogP contribution is 2.31. The fourth-order valence-electron chi connectivity index (χ4n) is 2.02. The van der Waals surface area contributed by atoms with Crippen LogP contribution < -0.4 is 10.0 Å². The lowest BCUT2D eigenvalue weighted by Gasteiger charge is -2.16. The molecule has 1 heterocycles. The molecule has 2 N–H and O–H groups in total. The molecule has 1 atom stereocenters. The van der Waals surface area contributed by atoms with E-state index in [1.165, 1.54) is 11.9 Å². The maximum Gasteiger partial charge on any atom is 0.240 e. The molecule has 0 radical (unpaired) electrons. The Morgan fingerprint density at radius 3 is 2.57 bits per heavy atom. The highest BCUT2D eigenvalue weighted by molar-refractivity contribution is 9.10. The predicted octanol–water partition coefficient (Wildman–Crippen LogP) is 3.90. The van der Waals surface area contributed by atoms with Crippen LogP contribution in [-0.2, 0) is 10.0 Å². The first-order chi connectivity index (χ1) is 9.85. The first-order valence-corrected chi connectivity index (χ1v) is 9.54. The van der Waals surface area contributed by atoms with E-state index in [9.17, 15) is 8.42 Å². The third-order valence-electron chi connectivity index (χ3n) is 3.17. The molecule has 0 bridgehead atoms. The maximum absolute atomic E-state index is 12.0. The molecule has 114 valence electrons. The average Bonchev–Trinajstić information content (AvgIpc) is 2.87. The largest absolute Gasteiger partial charge is 0.378 e. The van der Waals surface area contributed by atoms with Crippen LogP contribution in [0, 0.1) is 6.92 Å². The van der Waals surface area contributed by atoms with Crippen molar-refractivity contribution in [2.24, 2.45) is 0 Å². The van der Waals surface area contributed by atoms with Gasteiger partial charge in [-0.25, -0.2) is 13.1 Å². The number of anilines is 1. The van der Waals surface area contributed by atoms with E-state index in [4.69, 9.17) is 0 Å². The Hall–Kier alpha value is -0.890. The fourth-order valence-corrected chi connectivity index (χ4v) is 4.74. The summed E-state index contributed by atoms with van der Waals surface area (Å²) in [6.45, 7) is 3.83. The fraction of sp³-hybridized carbons (Fsp3) is 0.286. The second kappa shape index (κ2) is 6.48. The van der Waals surface area contributed by atoms with Crippen molar-refractivity contribution >= 4 is 43.0 Å². The van der Waals surface area contributed by atoms with Crippen LogP contribution in [0.25, 0.3) is 0 Å². The Labute approximate surface area is 137 Å². The van der Waals surface area contributed by atoms with E-state index >= 15 is 0 Å². The number of halogens is 1. The van der Waals surface area contributed by atoms with Crippen molar-refractivity contribution in [1.29, 1.82) is 0 Å². The van der Waals surface area contributed by atoms with Gasteiger partial charge in [-0.1, -0.05) is 6.07 Å². The van der Waals surface area contributed by atoms with Crippen LogP contribution in [0.5, 0.6) is 0 Å². The lowest BCUT2D eigenvalue weighted by molar-refractivity contribution is 0.587. The van der Waals surface area contributed by atoms with Crippen molar-refractivity contribution in [1.82, 2.24) is 4.72 Å². The van der Waals surface area contributed by atoms with Gasteiger partial charge in [-0.3, -0.25) is 0 Å². The summed E-state index contributed by atoms with van der Waals surface area (Å²) < 4.78 is 27.4. The molecule has 4 nitrogen and oxygen atoms in total. The number of benzene rings is 1. The van der Waals surface area contributed by atoms with Crippen molar-refractivity contribution in [3.63, 3.8) is 0 Å². The molecule has 21 heavy (non-hydrogen) atoms. The summed E-state index contributed by atoms with van der Waals surface area (Å²) in [5, 5.41) is 5.35. The Morgan fingerprint density at radius 2 is 2.00 bits per heavy atom. The van der Waals surface area contributed by atoms with Gasteiger partial charge in [-0.2, -0.15) is 0 Å². The highest BCUT2D eigenvalue weighted by atomic mass is 79.9. The number of hydrogen-bond donors (Lipinski definition) is 2. The van der Waals surface area contributed by atoms with Crippen LogP contribution in [0.2, 0.25) is 0 Å². The van der Waals surface area contributed by atoms with E-state index in [0.29, 0.717) is 4.90 Å². The normalized spacial score (nSPS) is 13.1. The molecule has 7 heteroatoms.